The Kier molecular flexibility index (Phi) is 8.41. The summed E-state index contributed by atoms with van der Waals surface area (Å²) in [5, 5.41) is 19.1. The summed E-state index contributed by atoms with van der Waals surface area (Å²) in [6.07, 6.45) is 0. The maximum atomic E-state index is 12.0. The van der Waals surface area contributed by atoms with Crippen molar-refractivity contribution in [2.24, 2.45) is 5.16 Å². The van der Waals surface area contributed by atoms with Gasteiger partial charge in [0.1, 0.15) is 16.8 Å². The maximum absolute atomic E-state index is 12.0. The van der Waals surface area contributed by atoms with Gasteiger partial charge in [0.2, 0.25) is 12.3 Å². The van der Waals surface area contributed by atoms with Gasteiger partial charge in [0.25, 0.3) is 0 Å². The monoisotopic (exact) mass is 543 g/mol. The Morgan fingerprint density at radius 3 is 1.79 bits per heavy atom. The predicted molar refractivity (Wildman–Crippen MR) is 151 cm³/mol. The van der Waals surface area contributed by atoms with Gasteiger partial charge in [-0.2, -0.15) is 0 Å². The van der Waals surface area contributed by atoms with Gasteiger partial charge in [0.05, 0.1) is 0 Å². The topological polar surface area (TPSA) is 110 Å². The van der Waals surface area contributed by atoms with E-state index in [1.165, 1.54) is 11.3 Å². The molecule has 8 nitrogen and oxygen atoms in total. The summed E-state index contributed by atoms with van der Waals surface area (Å²) >= 11 is 1.24. The second-order valence-electron chi connectivity index (χ2n) is 9.62. The molecule has 0 atom stereocenters. The second kappa shape index (κ2) is 11.9. The molecular formula is C30H29N3O5S. The average Bonchev–Trinajstić information content (AvgIpc) is 3.38. The molecule has 0 aliphatic rings. The van der Waals surface area contributed by atoms with Gasteiger partial charge in [-0.3, -0.25) is 0 Å². The van der Waals surface area contributed by atoms with E-state index in [4.69, 9.17) is 9.57 Å². The smallest absolute Gasteiger partial charge is 0.360 e. The number of nitrogens with zero attached hydrogens (tertiary/aromatic N) is 2. The highest BCUT2D eigenvalue weighted by atomic mass is 32.1. The standard InChI is InChI=1S/C30H29N3O5S/c1-29(2,3)38-25(34)19-37-33-26(27(35)36)24-20-39-28(31-24)32-30(21-13-7-4-8-14-21,22-15-9-5-10-16-22)23-17-11-6-12-18-23/h4-18,20H,19H2,1-3H3,(H,31,32)(H,35,36)/b33-26+. The first-order valence-electron chi connectivity index (χ1n) is 12.2. The van der Waals surface area contributed by atoms with Gasteiger partial charge < -0.3 is 20.0 Å². The van der Waals surface area contributed by atoms with E-state index in [1.54, 1.807) is 26.2 Å². The number of anilines is 1. The Labute approximate surface area is 230 Å². The van der Waals surface area contributed by atoms with Crippen molar-refractivity contribution in [2.45, 2.75) is 31.9 Å². The zero-order valence-corrected chi connectivity index (χ0v) is 22.6. The number of esters is 1. The Morgan fingerprint density at radius 2 is 1.36 bits per heavy atom. The van der Waals surface area contributed by atoms with Gasteiger partial charge in [-0.1, -0.05) is 96.2 Å². The van der Waals surface area contributed by atoms with E-state index in [9.17, 15) is 14.7 Å². The average molecular weight is 544 g/mol. The number of nitrogens with one attached hydrogen (secondary N) is 1. The van der Waals surface area contributed by atoms with Crippen molar-refractivity contribution in [1.29, 1.82) is 0 Å². The molecule has 0 saturated heterocycles. The quantitative estimate of drug-likeness (QED) is 0.114. The molecule has 0 fully saturated rings. The SMILES string of the molecule is CC(C)(C)OC(=O)CO/N=C(/C(=O)O)c1csc(NC(c2ccccc2)(c2ccccc2)c2ccccc2)n1. The fourth-order valence-corrected chi connectivity index (χ4v) is 4.85. The lowest BCUT2D eigenvalue weighted by Gasteiger charge is -2.36. The number of ether oxygens (including phenoxy) is 1. The molecule has 0 saturated carbocycles. The summed E-state index contributed by atoms with van der Waals surface area (Å²) in [5.74, 6) is -1.99. The minimum Gasteiger partial charge on any atom is -0.476 e. The number of rotatable bonds is 10. The van der Waals surface area contributed by atoms with Crippen LogP contribution in [0.2, 0.25) is 0 Å². The fraction of sp³-hybridized carbons (Fsp3) is 0.200. The largest absolute Gasteiger partial charge is 0.476 e. The van der Waals surface area contributed by atoms with Crippen molar-refractivity contribution < 1.29 is 24.3 Å². The molecule has 0 amide bonds. The molecule has 0 bridgehead atoms. The van der Waals surface area contributed by atoms with Gasteiger partial charge in [-0.05, 0) is 37.5 Å². The van der Waals surface area contributed by atoms with Gasteiger partial charge in [0.15, 0.2) is 5.13 Å². The van der Waals surface area contributed by atoms with E-state index in [1.807, 2.05) is 91.0 Å². The zero-order chi connectivity index (χ0) is 27.9. The number of carboxylic acid groups (broad SMARTS) is 1. The first-order valence-corrected chi connectivity index (χ1v) is 13.1. The Balaban J connectivity index is 1.70. The minimum atomic E-state index is -1.34. The molecule has 39 heavy (non-hydrogen) atoms. The minimum absolute atomic E-state index is 0.0993. The molecule has 0 radical (unpaired) electrons. The third-order valence-corrected chi connectivity index (χ3v) is 6.38. The number of hydrogen-bond donors (Lipinski definition) is 2. The molecule has 200 valence electrons. The Bertz CT molecular complexity index is 1340. The summed E-state index contributed by atoms with van der Waals surface area (Å²) in [6.45, 7) is 4.64. The lowest BCUT2D eigenvalue weighted by atomic mass is 9.77. The van der Waals surface area contributed by atoms with Crippen LogP contribution < -0.4 is 5.32 Å². The molecular weight excluding hydrogens is 514 g/mol. The van der Waals surface area contributed by atoms with Crippen molar-refractivity contribution in [1.82, 2.24) is 4.98 Å². The maximum Gasteiger partial charge on any atom is 0.360 e. The second-order valence-corrected chi connectivity index (χ2v) is 10.5. The van der Waals surface area contributed by atoms with Crippen LogP contribution in [0.25, 0.3) is 0 Å². The lowest BCUT2D eigenvalue weighted by Crippen LogP contribution is -2.38. The molecule has 0 aliphatic heterocycles. The number of aliphatic carboxylic acids is 1. The van der Waals surface area contributed by atoms with Gasteiger partial charge in [-0.15, -0.1) is 11.3 Å². The van der Waals surface area contributed by atoms with Crippen molar-refractivity contribution in [3.05, 3.63) is 119 Å². The number of oxime groups is 1. The highest BCUT2D eigenvalue weighted by Gasteiger charge is 2.37. The van der Waals surface area contributed by atoms with Crippen LogP contribution in [0.15, 0.2) is 102 Å². The molecule has 4 aromatic rings. The van der Waals surface area contributed by atoms with Crippen molar-refractivity contribution in [2.75, 3.05) is 11.9 Å². The van der Waals surface area contributed by atoms with Crippen molar-refractivity contribution >= 4 is 34.1 Å². The number of carbonyl (C=O) groups excluding carboxylic acids is 1. The van der Waals surface area contributed by atoms with Crippen LogP contribution in [0.4, 0.5) is 5.13 Å². The molecule has 1 aromatic heterocycles. The van der Waals surface area contributed by atoms with Crippen LogP contribution >= 0.6 is 11.3 Å². The predicted octanol–water partition coefficient (Wildman–Crippen LogP) is 5.69. The van der Waals surface area contributed by atoms with Crippen molar-refractivity contribution in [3.8, 4) is 0 Å². The van der Waals surface area contributed by atoms with Gasteiger partial charge in [-0.25, -0.2) is 14.6 Å². The van der Waals surface area contributed by atoms with E-state index in [-0.39, 0.29) is 5.69 Å². The first kappa shape index (κ1) is 27.5. The zero-order valence-electron chi connectivity index (χ0n) is 21.8. The van der Waals surface area contributed by atoms with Crippen LogP contribution in [0.1, 0.15) is 43.2 Å². The number of hydrogen-bond acceptors (Lipinski definition) is 8. The highest BCUT2D eigenvalue weighted by Crippen LogP contribution is 2.40. The van der Waals surface area contributed by atoms with Crippen LogP contribution in [-0.2, 0) is 24.7 Å². The molecule has 2 N–H and O–H groups in total. The molecule has 3 aromatic carbocycles. The van der Waals surface area contributed by atoms with Crippen LogP contribution in [0, 0.1) is 0 Å². The fourth-order valence-electron chi connectivity index (χ4n) is 4.10. The molecule has 0 spiro atoms. The lowest BCUT2D eigenvalue weighted by molar-refractivity contribution is -0.160. The summed E-state index contributed by atoms with van der Waals surface area (Å²) in [4.78, 5) is 33.5. The number of aromatic nitrogens is 1. The molecule has 1 heterocycles. The van der Waals surface area contributed by atoms with E-state index in [0.29, 0.717) is 5.13 Å². The van der Waals surface area contributed by atoms with Crippen LogP contribution in [0.3, 0.4) is 0 Å². The molecule has 0 aliphatic carbocycles. The Hall–Kier alpha value is -4.50. The number of carbonyl (C=O) groups is 2. The summed E-state index contributed by atoms with van der Waals surface area (Å²) in [7, 11) is 0. The summed E-state index contributed by atoms with van der Waals surface area (Å²) < 4.78 is 5.17. The van der Waals surface area contributed by atoms with Crippen LogP contribution in [-0.4, -0.2) is 39.9 Å². The summed E-state index contributed by atoms with van der Waals surface area (Å²) in [6, 6.07) is 29.9. The van der Waals surface area contributed by atoms with Gasteiger partial charge in [0, 0.05) is 5.38 Å². The third-order valence-electron chi connectivity index (χ3n) is 5.62. The number of carboxylic acids is 1. The highest BCUT2D eigenvalue weighted by molar-refractivity contribution is 7.14. The first-order chi connectivity index (χ1) is 18.7. The molecule has 0 unspecified atom stereocenters. The van der Waals surface area contributed by atoms with Crippen LogP contribution in [0.5, 0.6) is 0 Å². The van der Waals surface area contributed by atoms with E-state index >= 15 is 0 Å². The molecule has 4 rings (SSSR count). The van der Waals surface area contributed by atoms with E-state index in [0.717, 1.165) is 16.7 Å². The Morgan fingerprint density at radius 1 is 0.872 bits per heavy atom. The van der Waals surface area contributed by atoms with E-state index < -0.39 is 35.4 Å². The van der Waals surface area contributed by atoms with Gasteiger partial charge >= 0.3 is 11.9 Å². The van der Waals surface area contributed by atoms with E-state index in [2.05, 4.69) is 15.5 Å². The number of thiazole rings is 1. The normalized spacial score (nSPS) is 12.0. The molecule has 9 heteroatoms. The third kappa shape index (κ3) is 6.69. The summed E-state index contributed by atoms with van der Waals surface area (Å²) in [5.41, 5.74) is 1.09. The number of benzene rings is 3. The van der Waals surface area contributed by atoms with Crippen molar-refractivity contribution in [3.63, 3.8) is 0 Å².